The van der Waals surface area contributed by atoms with Crippen molar-refractivity contribution < 1.29 is 24.2 Å². The normalized spacial score (nSPS) is 34.8. The van der Waals surface area contributed by atoms with E-state index in [-0.39, 0.29) is 23.6 Å². The largest absolute Gasteiger partial charge is 0.465 e. The van der Waals surface area contributed by atoms with E-state index in [9.17, 15) is 24.2 Å². The summed E-state index contributed by atoms with van der Waals surface area (Å²) in [5, 5.41) is 24.3. The minimum Gasteiger partial charge on any atom is -0.465 e. The van der Waals surface area contributed by atoms with Crippen molar-refractivity contribution in [2.75, 3.05) is 18.0 Å². The van der Waals surface area contributed by atoms with Crippen molar-refractivity contribution in [1.82, 2.24) is 10.2 Å². The first-order chi connectivity index (χ1) is 15.4. The summed E-state index contributed by atoms with van der Waals surface area (Å²) in [5.74, 6) is -0.350. The lowest BCUT2D eigenvalue weighted by atomic mass is 9.71. The zero-order chi connectivity index (χ0) is 22.5. The molecule has 1 saturated carbocycles. The summed E-state index contributed by atoms with van der Waals surface area (Å²) in [6.07, 6.45) is 4.25. The van der Waals surface area contributed by atoms with E-state index in [4.69, 9.17) is 0 Å². The topological polar surface area (TPSA) is 93.1 Å². The molecule has 3 heterocycles. The van der Waals surface area contributed by atoms with Crippen LogP contribution in [-0.2, 0) is 4.79 Å². The SMILES string of the molecule is O=C(NC1C(O)CC2(C3CCCN(c4ccccc4F)C3)CCC1N2C(=O)O)C1CCC1. The number of aliphatic hydroxyl groups excluding tert-OH is 1. The van der Waals surface area contributed by atoms with Gasteiger partial charge in [0.25, 0.3) is 0 Å². The Morgan fingerprint density at radius 3 is 2.59 bits per heavy atom. The smallest absolute Gasteiger partial charge is 0.408 e. The minimum absolute atomic E-state index is 0.00473. The molecule has 3 N–H and O–H groups in total. The first-order valence-corrected chi connectivity index (χ1v) is 11.9. The van der Waals surface area contributed by atoms with Gasteiger partial charge in [0.2, 0.25) is 5.91 Å². The van der Waals surface area contributed by atoms with Gasteiger partial charge in [-0.15, -0.1) is 0 Å². The van der Waals surface area contributed by atoms with Gasteiger partial charge in [0, 0.05) is 24.9 Å². The van der Waals surface area contributed by atoms with Crippen molar-refractivity contribution in [3.05, 3.63) is 30.1 Å². The molecule has 4 aliphatic rings. The molecule has 5 atom stereocenters. The van der Waals surface area contributed by atoms with Crippen LogP contribution in [0.2, 0.25) is 0 Å². The predicted molar refractivity (Wildman–Crippen MR) is 117 cm³/mol. The van der Waals surface area contributed by atoms with Crippen LogP contribution in [0, 0.1) is 17.7 Å². The van der Waals surface area contributed by atoms with Gasteiger partial charge in [0.05, 0.1) is 29.4 Å². The summed E-state index contributed by atoms with van der Waals surface area (Å²) >= 11 is 0. The fourth-order valence-corrected chi connectivity index (χ4v) is 6.65. The molecule has 174 valence electrons. The maximum absolute atomic E-state index is 14.4. The van der Waals surface area contributed by atoms with Crippen LogP contribution in [0.4, 0.5) is 14.9 Å². The number of benzene rings is 1. The van der Waals surface area contributed by atoms with Crippen molar-refractivity contribution in [2.24, 2.45) is 11.8 Å². The first kappa shape index (κ1) is 21.5. The molecule has 0 radical (unpaired) electrons. The van der Waals surface area contributed by atoms with Crippen molar-refractivity contribution in [1.29, 1.82) is 0 Å². The average molecular weight is 446 g/mol. The first-order valence-electron chi connectivity index (χ1n) is 11.9. The van der Waals surface area contributed by atoms with Gasteiger partial charge in [-0.25, -0.2) is 9.18 Å². The Hall–Kier alpha value is -2.35. The molecule has 3 aliphatic heterocycles. The zero-order valence-electron chi connectivity index (χ0n) is 18.3. The highest BCUT2D eigenvalue weighted by Crippen LogP contribution is 2.51. The second-order valence-electron chi connectivity index (χ2n) is 10.0. The molecule has 8 heteroatoms. The second-order valence-corrected chi connectivity index (χ2v) is 10.0. The van der Waals surface area contributed by atoms with E-state index in [0.717, 1.165) is 38.6 Å². The highest BCUT2D eigenvalue weighted by Gasteiger charge is 2.61. The number of para-hydroxylation sites is 1. The van der Waals surface area contributed by atoms with Gasteiger partial charge < -0.3 is 20.4 Å². The van der Waals surface area contributed by atoms with E-state index in [1.54, 1.807) is 17.0 Å². The number of carboxylic acid groups (broad SMARTS) is 1. The van der Waals surface area contributed by atoms with Crippen molar-refractivity contribution in [3.63, 3.8) is 0 Å². The van der Waals surface area contributed by atoms with Gasteiger partial charge in [-0.2, -0.15) is 0 Å². The molecular formula is C24H32FN3O4. The van der Waals surface area contributed by atoms with Crippen molar-refractivity contribution in [2.45, 2.75) is 75.1 Å². The van der Waals surface area contributed by atoms with Crippen LogP contribution < -0.4 is 10.2 Å². The summed E-state index contributed by atoms with van der Waals surface area (Å²) in [5.41, 5.74) is -0.135. The molecule has 1 aromatic carbocycles. The third-order valence-electron chi connectivity index (χ3n) is 8.44. The number of halogens is 1. The van der Waals surface area contributed by atoms with Crippen LogP contribution in [0.5, 0.6) is 0 Å². The van der Waals surface area contributed by atoms with Crippen LogP contribution in [-0.4, -0.2) is 63.9 Å². The number of hydrogen-bond acceptors (Lipinski definition) is 4. The fourth-order valence-electron chi connectivity index (χ4n) is 6.65. The van der Waals surface area contributed by atoms with Gasteiger partial charge in [-0.1, -0.05) is 18.6 Å². The number of hydrogen-bond donors (Lipinski definition) is 3. The van der Waals surface area contributed by atoms with Crippen LogP contribution in [0.1, 0.15) is 51.4 Å². The van der Waals surface area contributed by atoms with E-state index in [2.05, 4.69) is 5.32 Å². The molecule has 0 spiro atoms. The number of piperidine rings is 2. The number of amides is 2. The summed E-state index contributed by atoms with van der Waals surface area (Å²) in [6, 6.07) is 5.71. The van der Waals surface area contributed by atoms with Gasteiger partial charge in [0.1, 0.15) is 5.82 Å². The summed E-state index contributed by atoms with van der Waals surface area (Å²) in [6.45, 7) is 1.29. The maximum atomic E-state index is 14.4. The molecular weight excluding hydrogens is 413 g/mol. The second kappa shape index (κ2) is 8.21. The number of fused-ring (bicyclic) bond motifs is 2. The van der Waals surface area contributed by atoms with Crippen molar-refractivity contribution in [3.8, 4) is 0 Å². The molecule has 7 nitrogen and oxygen atoms in total. The summed E-state index contributed by atoms with van der Waals surface area (Å²) < 4.78 is 14.4. The lowest BCUT2D eigenvalue weighted by Crippen LogP contribution is -2.69. The molecule has 32 heavy (non-hydrogen) atoms. The van der Waals surface area contributed by atoms with E-state index in [1.165, 1.54) is 6.07 Å². The number of rotatable bonds is 4. The summed E-state index contributed by atoms with van der Waals surface area (Å²) in [4.78, 5) is 28.6. The highest BCUT2D eigenvalue weighted by molar-refractivity contribution is 5.80. The Balaban J connectivity index is 1.39. The van der Waals surface area contributed by atoms with E-state index >= 15 is 0 Å². The van der Waals surface area contributed by atoms with Crippen LogP contribution in [0.15, 0.2) is 24.3 Å². The number of carbonyl (C=O) groups is 2. The monoisotopic (exact) mass is 445 g/mol. The van der Waals surface area contributed by atoms with E-state index in [0.29, 0.717) is 31.5 Å². The number of nitrogens with one attached hydrogen (secondary N) is 1. The Kier molecular flexibility index (Phi) is 5.51. The molecule has 2 bridgehead atoms. The molecule has 1 aromatic rings. The van der Waals surface area contributed by atoms with E-state index < -0.39 is 29.8 Å². The number of aliphatic hydroxyl groups is 1. The maximum Gasteiger partial charge on any atom is 0.408 e. The Bertz CT molecular complexity index is 894. The number of carbonyl (C=O) groups excluding carboxylic acids is 1. The Labute approximate surface area is 187 Å². The molecule has 5 unspecified atom stereocenters. The predicted octanol–water partition coefficient (Wildman–Crippen LogP) is 2.97. The molecule has 1 aliphatic carbocycles. The van der Waals surface area contributed by atoms with Gasteiger partial charge in [0.15, 0.2) is 0 Å². The highest BCUT2D eigenvalue weighted by atomic mass is 19.1. The van der Waals surface area contributed by atoms with Crippen molar-refractivity contribution >= 4 is 17.7 Å². The molecule has 5 rings (SSSR count). The van der Waals surface area contributed by atoms with E-state index in [1.807, 2.05) is 11.0 Å². The minimum atomic E-state index is -0.995. The van der Waals surface area contributed by atoms with Gasteiger partial charge in [-0.3, -0.25) is 9.69 Å². The Morgan fingerprint density at radius 2 is 1.91 bits per heavy atom. The zero-order valence-corrected chi connectivity index (χ0v) is 18.3. The Morgan fingerprint density at radius 1 is 1.12 bits per heavy atom. The van der Waals surface area contributed by atoms with Crippen LogP contribution >= 0.6 is 0 Å². The molecule has 0 aromatic heterocycles. The average Bonchev–Trinajstić information content (AvgIpc) is 3.04. The number of anilines is 1. The third-order valence-corrected chi connectivity index (χ3v) is 8.44. The third kappa shape index (κ3) is 3.43. The van der Waals surface area contributed by atoms with Crippen LogP contribution in [0.25, 0.3) is 0 Å². The molecule has 3 saturated heterocycles. The fraction of sp³-hybridized carbons (Fsp3) is 0.667. The standard InChI is InChI=1S/C24H32FN3O4/c25-17-8-1-2-9-18(17)27-12-4-7-16(14-27)24-11-10-19(28(24)23(31)32)21(20(29)13-24)26-22(30)15-5-3-6-15/h1-2,8-9,15-16,19-21,29H,3-7,10-14H2,(H,26,30)(H,31,32). The quantitative estimate of drug-likeness (QED) is 0.663. The van der Waals surface area contributed by atoms with Gasteiger partial charge in [-0.05, 0) is 57.1 Å². The van der Waals surface area contributed by atoms with Gasteiger partial charge >= 0.3 is 6.09 Å². The molecule has 4 fully saturated rings. The lowest BCUT2D eigenvalue weighted by molar-refractivity contribution is -0.132. The lowest BCUT2D eigenvalue weighted by Gasteiger charge is -2.54. The number of nitrogens with zero attached hydrogens (tertiary/aromatic N) is 2. The molecule has 2 amide bonds. The summed E-state index contributed by atoms with van der Waals surface area (Å²) in [7, 11) is 0. The van der Waals surface area contributed by atoms with Crippen LogP contribution in [0.3, 0.4) is 0 Å².